The van der Waals surface area contributed by atoms with E-state index in [2.05, 4.69) is 26.7 Å². The highest BCUT2D eigenvalue weighted by molar-refractivity contribution is 5.67. The zero-order valence-corrected chi connectivity index (χ0v) is 15.1. The zero-order valence-electron chi connectivity index (χ0n) is 15.1. The van der Waals surface area contributed by atoms with Gasteiger partial charge in [0.2, 0.25) is 5.65 Å². The van der Waals surface area contributed by atoms with E-state index in [1.807, 2.05) is 0 Å². The number of hydrogen-bond donors (Lipinski definition) is 2. The van der Waals surface area contributed by atoms with Gasteiger partial charge in [0.1, 0.15) is 6.33 Å². The van der Waals surface area contributed by atoms with Gasteiger partial charge >= 0.3 is 0 Å². The fraction of sp³-hybridized carbons (Fsp3) is 0.750. The van der Waals surface area contributed by atoms with Crippen LogP contribution in [0.5, 0.6) is 0 Å². The van der Waals surface area contributed by atoms with Gasteiger partial charge in [0.15, 0.2) is 0 Å². The summed E-state index contributed by atoms with van der Waals surface area (Å²) in [6.45, 7) is 0.600. The molecule has 5 saturated carbocycles. The molecule has 0 amide bonds. The summed E-state index contributed by atoms with van der Waals surface area (Å²) in [5.41, 5.74) is 2.98. The van der Waals surface area contributed by atoms with Crippen molar-refractivity contribution >= 4 is 11.3 Å². The SMILES string of the molecule is OC(CNc1cc(C2CC2)nn2cnnc12)C12CC3CC(CC(C3)C1)C2. The second-order valence-electron chi connectivity index (χ2n) is 9.53. The van der Waals surface area contributed by atoms with Crippen molar-refractivity contribution in [2.45, 2.75) is 63.4 Å². The van der Waals surface area contributed by atoms with E-state index < -0.39 is 0 Å². The molecular formula is C20H27N5O. The second kappa shape index (κ2) is 5.41. The molecule has 0 spiro atoms. The lowest BCUT2D eigenvalue weighted by Gasteiger charge is -2.58. The number of aliphatic hydroxyl groups excluding tert-OH is 1. The Labute approximate surface area is 153 Å². The summed E-state index contributed by atoms with van der Waals surface area (Å²) in [5, 5.41) is 27.5. The van der Waals surface area contributed by atoms with Crippen LogP contribution in [-0.4, -0.2) is 37.6 Å². The molecule has 2 N–H and O–H groups in total. The van der Waals surface area contributed by atoms with Gasteiger partial charge in [-0.05, 0) is 80.6 Å². The van der Waals surface area contributed by atoms with Crippen LogP contribution in [0.1, 0.15) is 63.0 Å². The minimum Gasteiger partial charge on any atom is -0.391 e. The fourth-order valence-corrected chi connectivity index (χ4v) is 6.56. The molecule has 2 aromatic heterocycles. The highest BCUT2D eigenvalue weighted by Gasteiger charge is 2.53. The predicted octanol–water partition coefficient (Wildman–Crippen LogP) is 2.99. The van der Waals surface area contributed by atoms with E-state index in [9.17, 15) is 5.11 Å². The third-order valence-electron chi connectivity index (χ3n) is 7.56. The van der Waals surface area contributed by atoms with Crippen LogP contribution in [0.15, 0.2) is 12.4 Å². The van der Waals surface area contributed by atoms with E-state index in [-0.39, 0.29) is 11.5 Å². The summed E-state index contributed by atoms with van der Waals surface area (Å²) in [4.78, 5) is 0. The number of nitrogens with zero attached hydrogens (tertiary/aromatic N) is 4. The smallest absolute Gasteiger partial charge is 0.200 e. The van der Waals surface area contributed by atoms with Gasteiger partial charge in [-0.1, -0.05) is 0 Å². The Hall–Kier alpha value is -1.69. The van der Waals surface area contributed by atoms with E-state index in [4.69, 9.17) is 0 Å². The highest BCUT2D eigenvalue weighted by Crippen LogP contribution is 2.61. The quantitative estimate of drug-likeness (QED) is 0.864. The van der Waals surface area contributed by atoms with Crippen LogP contribution >= 0.6 is 0 Å². The van der Waals surface area contributed by atoms with Crippen LogP contribution in [0.4, 0.5) is 5.69 Å². The summed E-state index contributed by atoms with van der Waals surface area (Å²) < 4.78 is 1.77. The van der Waals surface area contributed by atoms with E-state index >= 15 is 0 Å². The van der Waals surface area contributed by atoms with Crippen molar-refractivity contribution in [3.8, 4) is 0 Å². The van der Waals surface area contributed by atoms with Crippen molar-refractivity contribution < 1.29 is 5.11 Å². The van der Waals surface area contributed by atoms with Crippen molar-refractivity contribution in [1.82, 2.24) is 19.8 Å². The summed E-state index contributed by atoms with van der Waals surface area (Å²) in [5.74, 6) is 3.17. The van der Waals surface area contributed by atoms with Crippen molar-refractivity contribution in [3.63, 3.8) is 0 Å². The largest absolute Gasteiger partial charge is 0.391 e. The Balaban J connectivity index is 1.24. The third kappa shape index (κ3) is 2.38. The first-order chi connectivity index (χ1) is 12.7. The number of aliphatic hydroxyl groups is 1. The molecule has 138 valence electrons. The van der Waals surface area contributed by atoms with E-state index in [1.54, 1.807) is 10.8 Å². The maximum absolute atomic E-state index is 11.2. The van der Waals surface area contributed by atoms with Crippen LogP contribution in [0, 0.1) is 23.2 Å². The van der Waals surface area contributed by atoms with E-state index in [0.717, 1.165) is 34.8 Å². The molecule has 7 rings (SSSR count). The first-order valence-corrected chi connectivity index (χ1v) is 10.3. The molecule has 0 radical (unpaired) electrons. The van der Waals surface area contributed by atoms with Crippen molar-refractivity contribution in [2.24, 2.45) is 23.2 Å². The summed E-state index contributed by atoms with van der Waals surface area (Å²) in [6.07, 6.45) is 11.7. The van der Waals surface area contributed by atoms with Crippen LogP contribution in [0.3, 0.4) is 0 Å². The Morgan fingerprint density at radius 2 is 1.85 bits per heavy atom. The van der Waals surface area contributed by atoms with Gasteiger partial charge in [0.25, 0.3) is 0 Å². The molecule has 1 atom stereocenters. The molecule has 26 heavy (non-hydrogen) atoms. The number of nitrogens with one attached hydrogen (secondary N) is 1. The number of hydrogen-bond acceptors (Lipinski definition) is 5. The number of anilines is 1. The molecule has 6 nitrogen and oxygen atoms in total. The van der Waals surface area contributed by atoms with Gasteiger partial charge in [-0.25, -0.2) is 0 Å². The summed E-state index contributed by atoms with van der Waals surface area (Å²) in [7, 11) is 0. The van der Waals surface area contributed by atoms with E-state index in [0.29, 0.717) is 12.5 Å². The Morgan fingerprint density at radius 1 is 1.15 bits per heavy atom. The minimum absolute atomic E-state index is 0.151. The van der Waals surface area contributed by atoms with Gasteiger partial charge < -0.3 is 10.4 Å². The molecule has 2 aromatic rings. The van der Waals surface area contributed by atoms with Gasteiger partial charge in [-0.3, -0.25) is 0 Å². The molecule has 1 unspecified atom stereocenters. The molecule has 0 saturated heterocycles. The highest BCUT2D eigenvalue weighted by atomic mass is 16.3. The monoisotopic (exact) mass is 353 g/mol. The topological polar surface area (TPSA) is 75.3 Å². The van der Waals surface area contributed by atoms with Crippen LogP contribution in [0.25, 0.3) is 5.65 Å². The van der Waals surface area contributed by atoms with Crippen LogP contribution in [-0.2, 0) is 0 Å². The summed E-state index contributed by atoms with van der Waals surface area (Å²) >= 11 is 0. The molecule has 5 aliphatic carbocycles. The normalized spacial score (nSPS) is 36.6. The lowest BCUT2D eigenvalue weighted by Crippen LogP contribution is -2.53. The van der Waals surface area contributed by atoms with Crippen molar-refractivity contribution in [1.29, 1.82) is 0 Å². The minimum atomic E-state index is -0.281. The first-order valence-electron chi connectivity index (χ1n) is 10.3. The molecular weight excluding hydrogens is 326 g/mol. The Bertz CT molecular complexity index is 807. The number of rotatable bonds is 5. The standard InChI is InChI=1S/C20H27N5O/c26-18(20-7-12-3-13(8-20)5-14(4-12)9-20)10-21-17-6-16(15-1-2-15)24-25-11-22-23-19(17)25/h6,11-15,18,21,26H,1-5,7-10H2. The lowest BCUT2D eigenvalue weighted by molar-refractivity contribution is -0.115. The summed E-state index contributed by atoms with van der Waals surface area (Å²) in [6, 6.07) is 2.12. The molecule has 2 heterocycles. The number of aromatic nitrogens is 4. The van der Waals surface area contributed by atoms with Gasteiger partial charge in [0.05, 0.1) is 17.5 Å². The fourth-order valence-electron chi connectivity index (χ4n) is 6.56. The molecule has 6 heteroatoms. The third-order valence-corrected chi connectivity index (χ3v) is 7.56. The van der Waals surface area contributed by atoms with E-state index in [1.165, 1.54) is 51.4 Å². The maximum atomic E-state index is 11.2. The number of fused-ring (bicyclic) bond motifs is 1. The molecule has 0 aromatic carbocycles. The molecule has 0 aliphatic heterocycles. The maximum Gasteiger partial charge on any atom is 0.200 e. The van der Waals surface area contributed by atoms with Gasteiger partial charge in [0, 0.05) is 12.5 Å². The average molecular weight is 353 g/mol. The molecule has 5 aliphatic rings. The average Bonchev–Trinajstić information content (AvgIpc) is 3.35. The second-order valence-corrected chi connectivity index (χ2v) is 9.53. The van der Waals surface area contributed by atoms with Crippen molar-refractivity contribution in [2.75, 3.05) is 11.9 Å². The molecule has 4 bridgehead atoms. The lowest BCUT2D eigenvalue weighted by atomic mass is 9.48. The predicted molar refractivity (Wildman–Crippen MR) is 97.9 cm³/mol. The van der Waals surface area contributed by atoms with Gasteiger partial charge in [-0.15, -0.1) is 10.2 Å². The van der Waals surface area contributed by atoms with Gasteiger partial charge in [-0.2, -0.15) is 9.61 Å². The first kappa shape index (κ1) is 15.4. The van der Waals surface area contributed by atoms with Crippen LogP contribution in [0.2, 0.25) is 0 Å². The van der Waals surface area contributed by atoms with Crippen molar-refractivity contribution in [3.05, 3.63) is 18.1 Å². The Kier molecular flexibility index (Phi) is 3.20. The Morgan fingerprint density at radius 3 is 2.50 bits per heavy atom. The zero-order chi connectivity index (χ0) is 17.3. The molecule has 5 fully saturated rings. The van der Waals surface area contributed by atoms with Crippen LogP contribution < -0.4 is 5.32 Å².